The van der Waals surface area contributed by atoms with Gasteiger partial charge in [0.05, 0.1) is 17.4 Å². The zero-order chi connectivity index (χ0) is 21.5. The summed E-state index contributed by atoms with van der Waals surface area (Å²) in [6.45, 7) is 7.24. The lowest BCUT2D eigenvalue weighted by atomic mass is 10.2. The maximum atomic E-state index is 12.5. The number of ether oxygens (including phenoxy) is 1. The Morgan fingerprint density at radius 1 is 1.38 bits per heavy atom. The van der Waals surface area contributed by atoms with Gasteiger partial charge < -0.3 is 20.0 Å². The molecule has 0 radical (unpaired) electrons. The minimum absolute atomic E-state index is 0.0801. The Labute approximate surface area is 175 Å². The van der Waals surface area contributed by atoms with Crippen LogP contribution in [0.4, 0.5) is 9.59 Å². The molecule has 3 aromatic rings. The van der Waals surface area contributed by atoms with Crippen LogP contribution in [-0.2, 0) is 11.3 Å². The smallest absolute Gasteiger partial charge is 0.417 e. The zero-order valence-electron chi connectivity index (χ0n) is 16.5. The number of amides is 1. The van der Waals surface area contributed by atoms with Crippen LogP contribution in [0.5, 0.6) is 0 Å². The van der Waals surface area contributed by atoms with E-state index in [-0.39, 0.29) is 17.9 Å². The second-order valence-electron chi connectivity index (χ2n) is 7.49. The van der Waals surface area contributed by atoms with Gasteiger partial charge in [-0.25, -0.2) is 19.1 Å². The minimum Gasteiger partial charge on any atom is -0.618 e. The van der Waals surface area contributed by atoms with Gasteiger partial charge >= 0.3 is 12.2 Å². The predicted molar refractivity (Wildman–Crippen MR) is 110 cm³/mol. The SMILES string of the molecule is CCN(Cc1nc2c[n+]([O-])c3cc(Br)ccc3c2n1C(=O)O)C(=O)OC(C)(C)C. The highest BCUT2D eigenvalue weighted by Crippen LogP contribution is 2.27. The Morgan fingerprint density at radius 3 is 2.66 bits per heavy atom. The third-order valence-electron chi connectivity index (χ3n) is 4.22. The lowest BCUT2D eigenvalue weighted by molar-refractivity contribution is -0.575. The second-order valence-corrected chi connectivity index (χ2v) is 8.41. The molecule has 0 fully saturated rings. The van der Waals surface area contributed by atoms with Crippen molar-refractivity contribution in [3.8, 4) is 0 Å². The molecular formula is C19H21BrN4O5. The number of imidazole rings is 1. The molecule has 0 saturated carbocycles. The van der Waals surface area contributed by atoms with Crippen molar-refractivity contribution in [1.82, 2.24) is 14.5 Å². The molecule has 9 nitrogen and oxygen atoms in total. The molecule has 0 aliphatic heterocycles. The number of nitrogens with zero attached hydrogens (tertiary/aromatic N) is 4. The summed E-state index contributed by atoms with van der Waals surface area (Å²) >= 11 is 3.32. The first-order chi connectivity index (χ1) is 13.5. The van der Waals surface area contributed by atoms with Crippen molar-refractivity contribution < 1.29 is 24.2 Å². The Balaban J connectivity index is 2.16. The maximum Gasteiger partial charge on any atom is 0.417 e. The van der Waals surface area contributed by atoms with Gasteiger partial charge in [-0.15, -0.1) is 0 Å². The topological polar surface area (TPSA) is 112 Å². The van der Waals surface area contributed by atoms with Gasteiger partial charge in [0.2, 0.25) is 11.7 Å². The molecule has 0 atom stereocenters. The van der Waals surface area contributed by atoms with Crippen LogP contribution in [-0.4, -0.2) is 43.9 Å². The summed E-state index contributed by atoms with van der Waals surface area (Å²) in [4.78, 5) is 30.2. The molecule has 1 N–H and O–H groups in total. The molecule has 10 heteroatoms. The minimum atomic E-state index is -1.25. The van der Waals surface area contributed by atoms with Crippen molar-refractivity contribution in [1.29, 1.82) is 0 Å². The lowest BCUT2D eigenvalue weighted by Gasteiger charge is -2.26. The molecule has 0 bridgehead atoms. The molecule has 0 aliphatic carbocycles. The molecule has 0 unspecified atom stereocenters. The first-order valence-corrected chi connectivity index (χ1v) is 9.75. The van der Waals surface area contributed by atoms with Crippen LogP contribution in [0.3, 0.4) is 0 Å². The summed E-state index contributed by atoms with van der Waals surface area (Å²) in [5.74, 6) is 0.121. The van der Waals surface area contributed by atoms with E-state index in [0.29, 0.717) is 32.2 Å². The van der Waals surface area contributed by atoms with E-state index in [1.54, 1.807) is 45.9 Å². The third-order valence-corrected chi connectivity index (χ3v) is 4.72. The molecule has 1 amide bonds. The Hall–Kier alpha value is -2.88. The standard InChI is InChI=1S/C19H21BrN4O5/c1-5-22(18(27)29-19(2,3)4)10-15-21-13-9-23(28)14-8-11(20)6-7-12(14)16(13)24(15)17(25)26/h6-9H,5,10H2,1-4H3,(H,25,26). The average molecular weight is 465 g/mol. The van der Waals surface area contributed by atoms with Gasteiger partial charge in [0.25, 0.3) is 0 Å². The molecule has 0 spiro atoms. The van der Waals surface area contributed by atoms with Gasteiger partial charge in [-0.2, -0.15) is 4.73 Å². The molecule has 154 valence electrons. The fourth-order valence-electron chi connectivity index (χ4n) is 3.02. The van der Waals surface area contributed by atoms with Crippen LogP contribution in [0.2, 0.25) is 0 Å². The summed E-state index contributed by atoms with van der Waals surface area (Å²) in [5, 5.41) is 22.7. The van der Waals surface area contributed by atoms with Crippen molar-refractivity contribution in [2.24, 2.45) is 0 Å². The fourth-order valence-corrected chi connectivity index (χ4v) is 3.37. The number of hydrogen-bond acceptors (Lipinski definition) is 5. The maximum absolute atomic E-state index is 12.5. The van der Waals surface area contributed by atoms with Crippen molar-refractivity contribution in [3.05, 3.63) is 39.9 Å². The average Bonchev–Trinajstić information content (AvgIpc) is 2.96. The first kappa shape index (κ1) is 20.8. The molecule has 2 heterocycles. The Bertz CT molecular complexity index is 1120. The van der Waals surface area contributed by atoms with Crippen LogP contribution in [0, 0.1) is 5.21 Å². The largest absolute Gasteiger partial charge is 0.618 e. The lowest BCUT2D eigenvalue weighted by Crippen LogP contribution is -2.37. The van der Waals surface area contributed by atoms with Gasteiger partial charge in [-0.05, 0) is 39.8 Å². The number of hydrogen-bond donors (Lipinski definition) is 1. The van der Waals surface area contributed by atoms with Gasteiger partial charge in [0.1, 0.15) is 11.4 Å². The first-order valence-electron chi connectivity index (χ1n) is 8.95. The van der Waals surface area contributed by atoms with E-state index in [0.717, 1.165) is 4.57 Å². The van der Waals surface area contributed by atoms with Crippen LogP contribution in [0.1, 0.15) is 33.5 Å². The molecule has 0 saturated heterocycles. The number of aromatic nitrogens is 3. The Morgan fingerprint density at radius 2 is 2.07 bits per heavy atom. The number of carboxylic acid groups (broad SMARTS) is 1. The van der Waals surface area contributed by atoms with E-state index in [9.17, 15) is 19.9 Å². The van der Waals surface area contributed by atoms with Crippen LogP contribution >= 0.6 is 15.9 Å². The molecule has 29 heavy (non-hydrogen) atoms. The number of fused-ring (bicyclic) bond motifs is 3. The molecule has 2 aromatic heterocycles. The highest BCUT2D eigenvalue weighted by Gasteiger charge is 2.27. The molecular weight excluding hydrogens is 444 g/mol. The number of pyridine rings is 1. The summed E-state index contributed by atoms with van der Waals surface area (Å²) < 4.78 is 7.74. The van der Waals surface area contributed by atoms with E-state index < -0.39 is 17.8 Å². The molecule has 3 rings (SSSR count). The number of carbonyl (C=O) groups excluding carboxylic acids is 1. The number of carbonyl (C=O) groups is 2. The summed E-state index contributed by atoms with van der Waals surface area (Å²) in [6.07, 6.45) is -0.594. The highest BCUT2D eigenvalue weighted by molar-refractivity contribution is 9.10. The van der Waals surface area contributed by atoms with Gasteiger partial charge in [-0.1, -0.05) is 15.9 Å². The second kappa shape index (κ2) is 7.51. The van der Waals surface area contributed by atoms with Gasteiger partial charge in [0.15, 0.2) is 5.52 Å². The summed E-state index contributed by atoms with van der Waals surface area (Å²) in [6, 6.07) is 4.99. The number of benzene rings is 1. The molecule has 0 aliphatic rings. The number of rotatable bonds is 3. The monoisotopic (exact) mass is 464 g/mol. The molecule has 1 aromatic carbocycles. The summed E-state index contributed by atoms with van der Waals surface area (Å²) in [5.41, 5.74) is 0.143. The van der Waals surface area contributed by atoms with E-state index in [4.69, 9.17) is 4.74 Å². The predicted octanol–water partition coefficient (Wildman–Crippen LogP) is 3.87. The van der Waals surface area contributed by atoms with Crippen molar-refractivity contribution in [2.45, 2.75) is 39.8 Å². The van der Waals surface area contributed by atoms with E-state index >= 15 is 0 Å². The van der Waals surface area contributed by atoms with Crippen LogP contribution in [0.25, 0.3) is 21.9 Å². The third kappa shape index (κ3) is 4.12. The van der Waals surface area contributed by atoms with Crippen molar-refractivity contribution >= 4 is 50.1 Å². The van der Waals surface area contributed by atoms with E-state index in [1.807, 2.05) is 0 Å². The fraction of sp³-hybridized carbons (Fsp3) is 0.368. The summed E-state index contributed by atoms with van der Waals surface area (Å²) in [7, 11) is 0. The van der Waals surface area contributed by atoms with Crippen LogP contribution in [0.15, 0.2) is 28.9 Å². The van der Waals surface area contributed by atoms with Crippen molar-refractivity contribution in [2.75, 3.05) is 6.54 Å². The van der Waals surface area contributed by atoms with E-state index in [1.165, 1.54) is 11.1 Å². The number of halogens is 1. The Kier molecular flexibility index (Phi) is 5.40. The van der Waals surface area contributed by atoms with Crippen molar-refractivity contribution in [3.63, 3.8) is 0 Å². The van der Waals surface area contributed by atoms with E-state index in [2.05, 4.69) is 20.9 Å². The van der Waals surface area contributed by atoms with Gasteiger partial charge in [0, 0.05) is 17.1 Å². The van der Waals surface area contributed by atoms with Crippen LogP contribution < -0.4 is 4.73 Å². The normalized spacial score (nSPS) is 11.8. The van der Waals surface area contributed by atoms with Gasteiger partial charge in [-0.3, -0.25) is 0 Å². The zero-order valence-corrected chi connectivity index (χ0v) is 18.1. The quantitative estimate of drug-likeness (QED) is 0.465. The highest BCUT2D eigenvalue weighted by atomic mass is 79.9.